The van der Waals surface area contributed by atoms with E-state index in [1.165, 1.54) is 11.0 Å². The average Bonchev–Trinajstić information content (AvgIpc) is 3.20. The third-order valence-corrected chi connectivity index (χ3v) is 6.32. The highest BCUT2D eigenvalue weighted by atomic mass is 19.1. The molecule has 5 rings (SSSR count). The van der Waals surface area contributed by atoms with Crippen molar-refractivity contribution in [3.05, 3.63) is 71.6 Å². The number of hydrogen-bond donors (Lipinski definition) is 1. The zero-order valence-corrected chi connectivity index (χ0v) is 18.0. The third kappa shape index (κ3) is 3.55. The smallest absolute Gasteiger partial charge is 0.251 e. The van der Waals surface area contributed by atoms with Crippen molar-refractivity contribution in [1.29, 1.82) is 0 Å². The average molecular weight is 433 g/mol. The van der Waals surface area contributed by atoms with E-state index in [9.17, 15) is 14.0 Å². The number of anilines is 1. The molecule has 2 aromatic carbocycles. The van der Waals surface area contributed by atoms with E-state index in [2.05, 4.69) is 12.2 Å². The Morgan fingerprint density at radius 3 is 2.53 bits per heavy atom. The highest BCUT2D eigenvalue weighted by Gasteiger charge is 2.41. The second-order valence-electron chi connectivity index (χ2n) is 8.54. The molecule has 1 saturated heterocycles. The number of para-hydroxylation sites is 1. The fourth-order valence-electron chi connectivity index (χ4n) is 4.32. The van der Waals surface area contributed by atoms with Crippen molar-refractivity contribution in [3.8, 4) is 5.69 Å². The van der Waals surface area contributed by atoms with Gasteiger partial charge in [0.25, 0.3) is 5.91 Å². The van der Waals surface area contributed by atoms with Gasteiger partial charge in [-0.25, -0.2) is 14.1 Å². The number of rotatable bonds is 5. The van der Waals surface area contributed by atoms with Crippen molar-refractivity contribution in [3.63, 3.8) is 0 Å². The Hall–Kier alpha value is -3.55. The molecule has 32 heavy (non-hydrogen) atoms. The lowest BCUT2D eigenvalue weighted by molar-refractivity contribution is -0.117. The van der Waals surface area contributed by atoms with Crippen LogP contribution in [-0.2, 0) is 4.79 Å². The summed E-state index contributed by atoms with van der Waals surface area (Å²) in [5.41, 5.74) is 1.62. The Kier molecular flexibility index (Phi) is 5.00. The van der Waals surface area contributed by atoms with E-state index >= 15 is 0 Å². The predicted molar refractivity (Wildman–Crippen MR) is 117 cm³/mol. The first-order valence-corrected chi connectivity index (χ1v) is 10.8. The number of carbonyl (C=O) groups excluding carboxylic acids is 2. The molecule has 164 valence electrons. The Balaban J connectivity index is 1.50. The van der Waals surface area contributed by atoms with Crippen molar-refractivity contribution in [2.24, 2.45) is 5.92 Å². The summed E-state index contributed by atoms with van der Waals surface area (Å²) in [6, 6.07) is 13.5. The Morgan fingerprint density at radius 2 is 1.88 bits per heavy atom. The topological polar surface area (TPSA) is 80.1 Å². The molecule has 2 amide bonds. The first-order valence-electron chi connectivity index (χ1n) is 10.8. The second-order valence-corrected chi connectivity index (χ2v) is 8.54. The molecule has 3 aromatic rings. The molecule has 0 spiro atoms. The van der Waals surface area contributed by atoms with Crippen LogP contribution in [0.3, 0.4) is 0 Å². The van der Waals surface area contributed by atoms with Crippen LogP contribution < -0.4 is 10.2 Å². The summed E-state index contributed by atoms with van der Waals surface area (Å²) in [4.78, 5) is 31.0. The van der Waals surface area contributed by atoms with Gasteiger partial charge in [0.15, 0.2) is 5.82 Å². The van der Waals surface area contributed by atoms with E-state index in [1.54, 1.807) is 42.1 Å². The molecule has 8 heteroatoms. The van der Waals surface area contributed by atoms with Crippen LogP contribution in [0.1, 0.15) is 53.6 Å². The number of aromatic nitrogens is 3. The van der Waals surface area contributed by atoms with Gasteiger partial charge in [-0.1, -0.05) is 19.1 Å². The van der Waals surface area contributed by atoms with E-state index in [4.69, 9.17) is 10.1 Å². The summed E-state index contributed by atoms with van der Waals surface area (Å²) in [5.74, 6) is 1.40. The fourth-order valence-corrected chi connectivity index (χ4v) is 4.32. The lowest BCUT2D eigenvalue weighted by atomic mass is 10.1. The van der Waals surface area contributed by atoms with E-state index in [0.29, 0.717) is 29.8 Å². The molecule has 2 heterocycles. The number of nitrogens with one attached hydrogen (secondary N) is 1. The lowest BCUT2D eigenvalue weighted by Gasteiger charge is -2.17. The number of carbonyl (C=O) groups is 2. The normalized spacial score (nSPS) is 22.3. The fraction of sp³-hybridized carbons (Fsp3) is 0.333. The van der Waals surface area contributed by atoms with Crippen LogP contribution in [0.25, 0.3) is 5.69 Å². The highest BCUT2D eigenvalue weighted by molar-refractivity contribution is 5.96. The van der Waals surface area contributed by atoms with Crippen LogP contribution >= 0.6 is 0 Å². The van der Waals surface area contributed by atoms with Crippen molar-refractivity contribution < 1.29 is 14.0 Å². The zero-order valence-electron chi connectivity index (χ0n) is 18.0. The van der Waals surface area contributed by atoms with Gasteiger partial charge in [0.2, 0.25) is 5.91 Å². The van der Waals surface area contributed by atoms with E-state index in [-0.39, 0.29) is 29.8 Å². The lowest BCUT2D eigenvalue weighted by Crippen LogP contribution is -2.25. The molecule has 2 fully saturated rings. The first kappa shape index (κ1) is 20.4. The van der Waals surface area contributed by atoms with Gasteiger partial charge in [-0.2, -0.15) is 5.10 Å². The van der Waals surface area contributed by atoms with Crippen LogP contribution in [0.2, 0.25) is 0 Å². The largest absolute Gasteiger partial charge is 0.355 e. The molecule has 1 aliphatic heterocycles. The number of halogens is 1. The van der Waals surface area contributed by atoms with Gasteiger partial charge in [-0.15, -0.1) is 0 Å². The minimum atomic E-state index is -0.416. The highest BCUT2D eigenvalue weighted by Crippen LogP contribution is 2.46. The number of amides is 2. The summed E-state index contributed by atoms with van der Waals surface area (Å²) in [5, 5.41) is 7.38. The van der Waals surface area contributed by atoms with Crippen molar-refractivity contribution >= 4 is 17.5 Å². The molecular formula is C24H24FN5O2. The molecule has 0 bridgehead atoms. The van der Waals surface area contributed by atoms with Crippen LogP contribution in [0, 0.1) is 11.7 Å². The maximum atomic E-state index is 14.3. The molecule has 1 saturated carbocycles. The molecule has 1 aromatic heterocycles. The van der Waals surface area contributed by atoms with Crippen LogP contribution in [0.5, 0.6) is 0 Å². The molecule has 1 unspecified atom stereocenters. The number of nitrogens with zero attached hydrogens (tertiary/aromatic N) is 4. The van der Waals surface area contributed by atoms with Crippen molar-refractivity contribution in [1.82, 2.24) is 20.1 Å². The first-order chi connectivity index (χ1) is 15.5. The Bertz CT molecular complexity index is 1190. The van der Waals surface area contributed by atoms with Crippen LogP contribution in [0.4, 0.5) is 10.1 Å². The summed E-state index contributed by atoms with van der Waals surface area (Å²) in [7, 11) is 1.59. The molecule has 3 atom stereocenters. The predicted octanol–water partition coefficient (Wildman–Crippen LogP) is 3.41. The van der Waals surface area contributed by atoms with Crippen LogP contribution in [-0.4, -0.2) is 40.2 Å². The van der Waals surface area contributed by atoms with E-state index < -0.39 is 5.82 Å². The summed E-state index contributed by atoms with van der Waals surface area (Å²) in [6.45, 7) is 2.51. The van der Waals surface area contributed by atoms with Gasteiger partial charge in [0.05, 0.1) is 11.4 Å². The van der Waals surface area contributed by atoms with Crippen molar-refractivity contribution in [2.75, 3.05) is 18.5 Å². The molecule has 2 aliphatic rings. The molecule has 1 aliphatic carbocycles. The van der Waals surface area contributed by atoms with Gasteiger partial charge >= 0.3 is 0 Å². The standard InChI is InChI=1S/C24H24FN5O2/c1-14-11-18(14)22-27-23(30(28-22)17-9-7-15(8-10-17)24(32)26-2)16-12-21(31)29(13-16)20-6-4-3-5-19(20)25/h3-10,14,16,18H,11-13H2,1-2H3,(H,26,32)/t14-,16?,18-/m1/s1. The SMILES string of the molecule is CNC(=O)c1ccc(-n2nc([C@@H]3C[C@H]3C)nc2C2CC(=O)N(c3ccccc3F)C2)cc1. The molecule has 0 radical (unpaired) electrons. The minimum absolute atomic E-state index is 0.133. The maximum absolute atomic E-state index is 14.3. The molecule has 1 N–H and O–H groups in total. The third-order valence-electron chi connectivity index (χ3n) is 6.32. The maximum Gasteiger partial charge on any atom is 0.251 e. The van der Waals surface area contributed by atoms with Crippen LogP contribution in [0.15, 0.2) is 48.5 Å². The summed E-state index contributed by atoms with van der Waals surface area (Å²) in [6.07, 6.45) is 1.28. The monoisotopic (exact) mass is 433 g/mol. The van der Waals surface area contributed by atoms with Gasteiger partial charge in [0.1, 0.15) is 11.6 Å². The van der Waals surface area contributed by atoms with Crippen molar-refractivity contribution in [2.45, 2.75) is 31.6 Å². The Morgan fingerprint density at radius 1 is 1.16 bits per heavy atom. The van der Waals surface area contributed by atoms with Gasteiger partial charge in [0, 0.05) is 37.4 Å². The van der Waals surface area contributed by atoms with Gasteiger partial charge in [-0.05, 0) is 48.7 Å². The number of benzene rings is 2. The second kappa shape index (κ2) is 7.85. The molecule has 7 nitrogen and oxygen atoms in total. The molecular weight excluding hydrogens is 409 g/mol. The quantitative estimate of drug-likeness (QED) is 0.669. The van der Waals surface area contributed by atoms with E-state index in [0.717, 1.165) is 17.9 Å². The Labute approximate surface area is 185 Å². The van der Waals surface area contributed by atoms with Gasteiger partial charge < -0.3 is 10.2 Å². The van der Waals surface area contributed by atoms with E-state index in [1.807, 2.05) is 12.1 Å². The summed E-state index contributed by atoms with van der Waals surface area (Å²) >= 11 is 0. The minimum Gasteiger partial charge on any atom is -0.355 e. The zero-order chi connectivity index (χ0) is 22.4. The summed E-state index contributed by atoms with van der Waals surface area (Å²) < 4.78 is 16.1. The number of hydrogen-bond acceptors (Lipinski definition) is 4. The van der Waals surface area contributed by atoms with Gasteiger partial charge in [-0.3, -0.25) is 9.59 Å².